The highest BCUT2D eigenvalue weighted by Gasteiger charge is 2.48. The summed E-state index contributed by atoms with van der Waals surface area (Å²) in [6.45, 7) is 3.29. The highest BCUT2D eigenvalue weighted by molar-refractivity contribution is 6.00. The van der Waals surface area contributed by atoms with Gasteiger partial charge in [0, 0.05) is 0 Å². The quantitative estimate of drug-likeness (QED) is 0.608. The van der Waals surface area contributed by atoms with E-state index in [0.717, 1.165) is 5.56 Å². The van der Waals surface area contributed by atoms with Crippen molar-refractivity contribution in [3.63, 3.8) is 0 Å². The van der Waals surface area contributed by atoms with Gasteiger partial charge in [0.05, 0.1) is 0 Å². The van der Waals surface area contributed by atoms with Gasteiger partial charge in [0.15, 0.2) is 5.41 Å². The predicted molar refractivity (Wildman–Crippen MR) is 64.6 cm³/mol. The van der Waals surface area contributed by atoms with E-state index in [1.165, 1.54) is 0 Å². The fraction of sp³-hybridized carbons (Fsp3) is 0.429. The summed E-state index contributed by atoms with van der Waals surface area (Å²) in [6.07, 6.45) is 0.384. The molecule has 1 saturated heterocycles. The van der Waals surface area contributed by atoms with E-state index in [-0.39, 0.29) is 12.7 Å². The molecule has 1 aliphatic rings. The second kappa shape index (κ2) is 4.80. The number of carbonyl (C=O) groups is 2. The van der Waals surface area contributed by atoms with Crippen LogP contribution in [0.15, 0.2) is 30.3 Å². The van der Waals surface area contributed by atoms with E-state index in [1.54, 1.807) is 6.92 Å². The number of esters is 2. The van der Waals surface area contributed by atoms with Crippen molar-refractivity contribution >= 4 is 11.9 Å². The molecule has 0 spiro atoms. The maximum atomic E-state index is 11.8. The van der Waals surface area contributed by atoms with Crippen molar-refractivity contribution in [2.24, 2.45) is 5.41 Å². The zero-order chi connectivity index (χ0) is 13.2. The lowest BCUT2D eigenvalue weighted by Gasteiger charge is -2.31. The Balaban J connectivity index is 2.17. The van der Waals surface area contributed by atoms with Gasteiger partial charge in [0.25, 0.3) is 0 Å². The van der Waals surface area contributed by atoms with E-state index >= 15 is 0 Å². The van der Waals surface area contributed by atoms with Crippen LogP contribution in [0.4, 0.5) is 0 Å². The molecule has 0 bridgehead atoms. The van der Waals surface area contributed by atoms with Gasteiger partial charge in [0.1, 0.15) is 0 Å². The zero-order valence-corrected chi connectivity index (χ0v) is 10.5. The molecule has 0 aromatic heterocycles. The Morgan fingerprint density at radius 2 is 1.72 bits per heavy atom. The molecule has 1 atom stereocenters. The number of ether oxygens (including phenoxy) is 2. The van der Waals surface area contributed by atoms with Gasteiger partial charge in [-0.05, 0) is 24.8 Å². The molecule has 1 fully saturated rings. The molecule has 4 nitrogen and oxygen atoms in total. The number of hydrogen-bond acceptors (Lipinski definition) is 4. The molecule has 0 radical (unpaired) electrons. The van der Waals surface area contributed by atoms with Crippen molar-refractivity contribution in [3.05, 3.63) is 35.9 Å². The van der Waals surface area contributed by atoms with Gasteiger partial charge >= 0.3 is 11.9 Å². The zero-order valence-electron chi connectivity index (χ0n) is 10.5. The van der Waals surface area contributed by atoms with Crippen LogP contribution >= 0.6 is 0 Å². The Morgan fingerprint density at radius 1 is 1.17 bits per heavy atom. The minimum absolute atomic E-state index is 0.0781. The fourth-order valence-electron chi connectivity index (χ4n) is 2.22. The van der Waals surface area contributed by atoms with Crippen molar-refractivity contribution in [1.29, 1.82) is 0 Å². The van der Waals surface area contributed by atoms with Crippen molar-refractivity contribution < 1.29 is 19.1 Å². The Morgan fingerprint density at radius 3 is 2.28 bits per heavy atom. The average molecular weight is 248 g/mol. The lowest BCUT2D eigenvalue weighted by atomic mass is 9.79. The van der Waals surface area contributed by atoms with Gasteiger partial charge in [-0.15, -0.1) is 0 Å². The van der Waals surface area contributed by atoms with Crippen LogP contribution in [0.5, 0.6) is 0 Å². The van der Waals surface area contributed by atoms with Crippen molar-refractivity contribution in [2.75, 3.05) is 6.79 Å². The van der Waals surface area contributed by atoms with Crippen molar-refractivity contribution in [2.45, 2.75) is 26.2 Å². The summed E-state index contributed by atoms with van der Waals surface area (Å²) in [4.78, 5) is 23.5. The number of hydrogen-bond donors (Lipinski definition) is 0. The first-order valence-electron chi connectivity index (χ1n) is 5.93. The van der Waals surface area contributed by atoms with Gasteiger partial charge < -0.3 is 9.47 Å². The van der Waals surface area contributed by atoms with Crippen LogP contribution in [0, 0.1) is 5.41 Å². The van der Waals surface area contributed by atoms with Crippen molar-refractivity contribution in [1.82, 2.24) is 0 Å². The number of carbonyl (C=O) groups excluding carboxylic acids is 2. The monoisotopic (exact) mass is 248 g/mol. The third kappa shape index (κ3) is 2.23. The van der Waals surface area contributed by atoms with E-state index in [4.69, 9.17) is 9.47 Å². The lowest BCUT2D eigenvalue weighted by Crippen LogP contribution is -2.45. The molecule has 0 N–H and O–H groups in total. The maximum Gasteiger partial charge on any atom is 0.326 e. The van der Waals surface area contributed by atoms with Crippen LogP contribution in [0.2, 0.25) is 0 Å². The van der Waals surface area contributed by atoms with Crippen LogP contribution in [0.25, 0.3) is 0 Å². The van der Waals surface area contributed by atoms with E-state index in [2.05, 4.69) is 0 Å². The summed E-state index contributed by atoms with van der Waals surface area (Å²) in [5.74, 6) is -0.919. The summed E-state index contributed by atoms with van der Waals surface area (Å²) < 4.78 is 9.64. The minimum atomic E-state index is -1.20. The van der Waals surface area contributed by atoms with E-state index < -0.39 is 17.4 Å². The van der Waals surface area contributed by atoms with Gasteiger partial charge in [-0.25, -0.2) is 0 Å². The Hall–Kier alpha value is -1.84. The van der Waals surface area contributed by atoms with Gasteiger partial charge in [-0.1, -0.05) is 37.3 Å². The fourth-order valence-corrected chi connectivity index (χ4v) is 2.22. The molecule has 2 rings (SSSR count). The SMILES string of the molecule is CC(CC1(C)C(=O)OCOC1=O)c1ccccc1. The third-order valence-electron chi connectivity index (χ3n) is 3.36. The minimum Gasteiger partial charge on any atom is -0.427 e. The van der Waals surface area contributed by atoms with E-state index in [0.29, 0.717) is 6.42 Å². The van der Waals surface area contributed by atoms with Crippen LogP contribution in [-0.4, -0.2) is 18.7 Å². The van der Waals surface area contributed by atoms with Gasteiger partial charge in [0.2, 0.25) is 6.79 Å². The summed E-state index contributed by atoms with van der Waals surface area (Å²) in [5, 5.41) is 0. The second-order valence-corrected chi connectivity index (χ2v) is 4.83. The largest absolute Gasteiger partial charge is 0.427 e. The molecular formula is C14H16O4. The summed E-state index contributed by atoms with van der Waals surface area (Å²) >= 11 is 0. The Kier molecular flexibility index (Phi) is 3.36. The Bertz CT molecular complexity index is 436. The first-order chi connectivity index (χ1) is 8.54. The highest BCUT2D eigenvalue weighted by Crippen LogP contribution is 2.35. The predicted octanol–water partition coefficient (Wildman–Crippen LogP) is 2.24. The topological polar surface area (TPSA) is 52.6 Å². The smallest absolute Gasteiger partial charge is 0.326 e. The van der Waals surface area contributed by atoms with Crippen LogP contribution in [0.1, 0.15) is 31.7 Å². The molecule has 1 aromatic carbocycles. The molecule has 1 unspecified atom stereocenters. The molecule has 96 valence electrons. The normalized spacial score (nSPS) is 19.9. The molecule has 1 aromatic rings. The number of rotatable bonds is 3. The van der Waals surface area contributed by atoms with E-state index in [9.17, 15) is 9.59 Å². The molecule has 4 heteroatoms. The van der Waals surface area contributed by atoms with Crippen LogP contribution < -0.4 is 0 Å². The van der Waals surface area contributed by atoms with Gasteiger partial charge in [-0.2, -0.15) is 0 Å². The maximum absolute atomic E-state index is 11.8. The summed E-state index contributed by atoms with van der Waals surface area (Å²) in [5.41, 5.74) is -0.113. The van der Waals surface area contributed by atoms with E-state index in [1.807, 2.05) is 37.3 Å². The molecular weight excluding hydrogens is 232 g/mol. The molecule has 0 aliphatic carbocycles. The lowest BCUT2D eigenvalue weighted by molar-refractivity contribution is -0.201. The molecule has 1 heterocycles. The van der Waals surface area contributed by atoms with Crippen LogP contribution in [-0.2, 0) is 19.1 Å². The first kappa shape index (κ1) is 12.6. The third-order valence-corrected chi connectivity index (χ3v) is 3.36. The summed E-state index contributed by atoms with van der Waals surface area (Å²) in [6, 6.07) is 9.76. The second-order valence-electron chi connectivity index (χ2n) is 4.83. The number of benzene rings is 1. The molecule has 18 heavy (non-hydrogen) atoms. The Labute approximate surface area is 106 Å². The number of cyclic esters (lactones) is 2. The molecule has 1 aliphatic heterocycles. The van der Waals surface area contributed by atoms with Gasteiger partial charge in [-0.3, -0.25) is 9.59 Å². The molecule has 0 amide bonds. The average Bonchev–Trinajstić information content (AvgIpc) is 2.37. The van der Waals surface area contributed by atoms with Crippen molar-refractivity contribution in [3.8, 4) is 0 Å². The first-order valence-corrected chi connectivity index (χ1v) is 5.93. The highest BCUT2D eigenvalue weighted by atomic mass is 16.7. The molecule has 0 saturated carbocycles. The summed E-state index contributed by atoms with van der Waals surface area (Å²) in [7, 11) is 0. The van der Waals surface area contributed by atoms with Crippen LogP contribution in [0.3, 0.4) is 0 Å². The standard InChI is InChI=1S/C14H16O4/c1-10(11-6-4-3-5-7-11)8-14(2)12(15)17-9-18-13(14)16/h3-7,10H,8-9H2,1-2H3.